The zero-order chi connectivity index (χ0) is 51.3. The standard InChI is InChI=1S/C56H99O13P/c1-3-5-7-9-11-13-15-17-19-21-23-24-25-26-27-29-31-33-35-37-39-41-43-45-50(58)68-48(47-67-70(64,65)69-56-54(62)52(60)51(59)53(61)55(56)63)46-66-49(57)44-42-40-38-36-34-32-30-28-22-20-18-16-14-12-10-8-6-4-2/h5,7,11,13,17,19-20,22-24,48,51-56,59-63H,3-4,6,8-10,12,14-16,18,21,25-47H2,1-2H3,(H,64,65)/b7-5-,13-11-,19-17-,22-20-,24-23-. The minimum Gasteiger partial charge on any atom is -0.462 e. The smallest absolute Gasteiger partial charge is 0.462 e. The third-order valence-electron chi connectivity index (χ3n) is 12.6. The van der Waals surface area contributed by atoms with E-state index in [0.29, 0.717) is 12.8 Å². The SMILES string of the molecule is CC/C=C\C/C=C\C/C=C\C/C=C\CCCCCCCCCCCCC(=O)OC(COC(=O)CCCCCCCCC/C=C\CCCCCCCCC)COP(=O)(O)OC1C(O)C(O)C(O)C(O)C1O. The van der Waals surface area contributed by atoms with Crippen LogP contribution < -0.4 is 0 Å². The van der Waals surface area contributed by atoms with Crippen molar-refractivity contribution in [3.8, 4) is 0 Å². The van der Waals surface area contributed by atoms with E-state index in [0.717, 1.165) is 89.9 Å². The van der Waals surface area contributed by atoms with Gasteiger partial charge in [-0.2, -0.15) is 0 Å². The van der Waals surface area contributed by atoms with E-state index in [-0.39, 0.29) is 12.8 Å². The molecule has 6 unspecified atom stereocenters. The molecule has 0 aromatic rings. The van der Waals surface area contributed by atoms with E-state index in [2.05, 4.69) is 74.6 Å². The lowest BCUT2D eigenvalue weighted by atomic mass is 9.85. The third-order valence-corrected chi connectivity index (χ3v) is 13.6. The van der Waals surface area contributed by atoms with Crippen molar-refractivity contribution in [3.05, 3.63) is 60.8 Å². The summed E-state index contributed by atoms with van der Waals surface area (Å²) < 4.78 is 33.7. The number of ether oxygens (including phenoxy) is 2. The summed E-state index contributed by atoms with van der Waals surface area (Å²) in [6.07, 6.45) is 44.0. The molecule has 1 aliphatic rings. The summed E-state index contributed by atoms with van der Waals surface area (Å²) in [5.41, 5.74) is 0. The van der Waals surface area contributed by atoms with Crippen LogP contribution in [0.3, 0.4) is 0 Å². The quantitative estimate of drug-likeness (QED) is 0.0145. The maximum atomic E-state index is 12.9. The molecular formula is C56H99O13P. The fraction of sp³-hybridized carbons (Fsp3) is 0.786. The first-order valence-corrected chi connectivity index (χ1v) is 29.1. The number of allylic oxidation sites excluding steroid dienone is 10. The highest BCUT2D eigenvalue weighted by Crippen LogP contribution is 2.47. The molecular weight excluding hydrogens is 912 g/mol. The van der Waals surface area contributed by atoms with Crippen molar-refractivity contribution in [1.29, 1.82) is 0 Å². The van der Waals surface area contributed by atoms with Crippen molar-refractivity contribution >= 4 is 19.8 Å². The van der Waals surface area contributed by atoms with Crippen LogP contribution in [0.15, 0.2) is 60.8 Å². The summed E-state index contributed by atoms with van der Waals surface area (Å²) >= 11 is 0. The van der Waals surface area contributed by atoms with Gasteiger partial charge in [-0.1, -0.05) is 197 Å². The Morgan fingerprint density at radius 2 is 0.814 bits per heavy atom. The van der Waals surface area contributed by atoms with Gasteiger partial charge < -0.3 is 39.9 Å². The van der Waals surface area contributed by atoms with Gasteiger partial charge in [-0.05, 0) is 77.0 Å². The molecule has 13 nitrogen and oxygen atoms in total. The minimum atomic E-state index is -5.13. The van der Waals surface area contributed by atoms with Crippen LogP contribution in [0.25, 0.3) is 0 Å². The average molecular weight is 1010 g/mol. The maximum Gasteiger partial charge on any atom is 0.472 e. The molecule has 0 aromatic heterocycles. The van der Waals surface area contributed by atoms with E-state index in [9.17, 15) is 44.6 Å². The normalized spacial score (nSPS) is 21.2. The van der Waals surface area contributed by atoms with Crippen LogP contribution in [0.1, 0.15) is 226 Å². The zero-order valence-corrected chi connectivity index (χ0v) is 44.4. The largest absolute Gasteiger partial charge is 0.472 e. The number of unbranched alkanes of at least 4 members (excludes halogenated alkanes) is 24. The van der Waals surface area contributed by atoms with E-state index < -0.39 is 75.7 Å². The number of carbonyl (C=O) groups excluding carboxylic acids is 2. The Hall–Kier alpha value is -2.45. The predicted molar refractivity (Wildman–Crippen MR) is 281 cm³/mol. The molecule has 0 aliphatic heterocycles. The van der Waals surface area contributed by atoms with Gasteiger partial charge in [0.2, 0.25) is 0 Å². The molecule has 0 aromatic carbocycles. The molecule has 6 N–H and O–H groups in total. The van der Waals surface area contributed by atoms with Crippen LogP contribution in [-0.2, 0) is 32.7 Å². The van der Waals surface area contributed by atoms with Crippen molar-refractivity contribution in [2.45, 2.75) is 268 Å². The van der Waals surface area contributed by atoms with Gasteiger partial charge in [0, 0.05) is 12.8 Å². The molecule has 0 bridgehead atoms. The van der Waals surface area contributed by atoms with Gasteiger partial charge in [0.05, 0.1) is 6.61 Å². The molecule has 1 rings (SSSR count). The Labute approximate surface area is 423 Å². The van der Waals surface area contributed by atoms with Crippen molar-refractivity contribution in [3.63, 3.8) is 0 Å². The van der Waals surface area contributed by atoms with Crippen LogP contribution in [0.2, 0.25) is 0 Å². The van der Waals surface area contributed by atoms with Gasteiger partial charge in [0.25, 0.3) is 0 Å². The highest BCUT2D eigenvalue weighted by atomic mass is 31.2. The summed E-state index contributed by atoms with van der Waals surface area (Å²) in [5.74, 6) is -1.11. The van der Waals surface area contributed by atoms with Crippen LogP contribution in [-0.4, -0.2) is 98.3 Å². The van der Waals surface area contributed by atoms with Gasteiger partial charge in [0.15, 0.2) is 6.10 Å². The Balaban J connectivity index is 2.36. The monoisotopic (exact) mass is 1010 g/mol. The van der Waals surface area contributed by atoms with Crippen molar-refractivity contribution < 1.29 is 63.1 Å². The number of aliphatic hydroxyl groups excluding tert-OH is 5. The molecule has 1 aliphatic carbocycles. The number of phosphoric acid groups is 1. The van der Waals surface area contributed by atoms with Gasteiger partial charge >= 0.3 is 19.8 Å². The molecule has 6 atom stereocenters. The first-order chi connectivity index (χ1) is 33.9. The molecule has 14 heteroatoms. The lowest BCUT2D eigenvalue weighted by Gasteiger charge is -2.41. The molecule has 1 fully saturated rings. The highest BCUT2D eigenvalue weighted by Gasteiger charge is 2.51. The second kappa shape index (κ2) is 45.2. The second-order valence-electron chi connectivity index (χ2n) is 19.1. The number of aliphatic hydroxyl groups is 5. The molecule has 0 heterocycles. The maximum absolute atomic E-state index is 12.9. The number of esters is 2. The Bertz CT molecular complexity index is 1450. The Morgan fingerprint density at radius 1 is 0.457 bits per heavy atom. The first-order valence-electron chi connectivity index (χ1n) is 27.6. The summed E-state index contributed by atoms with van der Waals surface area (Å²) in [7, 11) is -5.13. The number of rotatable bonds is 46. The van der Waals surface area contributed by atoms with Crippen molar-refractivity contribution in [1.82, 2.24) is 0 Å². The van der Waals surface area contributed by atoms with Gasteiger partial charge in [-0.3, -0.25) is 18.6 Å². The van der Waals surface area contributed by atoms with Crippen LogP contribution in [0.4, 0.5) is 0 Å². The third kappa shape index (κ3) is 36.5. The van der Waals surface area contributed by atoms with Crippen LogP contribution in [0.5, 0.6) is 0 Å². The van der Waals surface area contributed by atoms with Crippen LogP contribution >= 0.6 is 7.82 Å². The summed E-state index contributed by atoms with van der Waals surface area (Å²) in [5, 5.41) is 50.4. The van der Waals surface area contributed by atoms with E-state index in [1.807, 2.05) is 0 Å². The average Bonchev–Trinajstić information content (AvgIpc) is 3.34. The van der Waals surface area contributed by atoms with E-state index in [1.54, 1.807) is 0 Å². The molecule has 0 amide bonds. The van der Waals surface area contributed by atoms with Gasteiger partial charge in [-0.15, -0.1) is 0 Å². The Kier molecular flexibility index (Phi) is 42.3. The van der Waals surface area contributed by atoms with Gasteiger partial charge in [-0.25, -0.2) is 4.57 Å². The molecule has 0 radical (unpaired) electrons. The summed E-state index contributed by atoms with van der Waals surface area (Å²) in [6, 6.07) is 0. The van der Waals surface area contributed by atoms with Crippen molar-refractivity contribution in [2.24, 2.45) is 0 Å². The molecule has 1 saturated carbocycles. The van der Waals surface area contributed by atoms with Crippen molar-refractivity contribution in [2.75, 3.05) is 13.2 Å². The lowest BCUT2D eigenvalue weighted by molar-refractivity contribution is -0.220. The van der Waals surface area contributed by atoms with Crippen LogP contribution in [0, 0.1) is 0 Å². The molecule has 0 spiro atoms. The predicted octanol–water partition coefficient (Wildman–Crippen LogP) is 12.5. The lowest BCUT2D eigenvalue weighted by Crippen LogP contribution is -2.64. The fourth-order valence-corrected chi connectivity index (χ4v) is 9.19. The molecule has 70 heavy (non-hydrogen) atoms. The minimum absolute atomic E-state index is 0.0889. The molecule has 0 saturated heterocycles. The van der Waals surface area contributed by atoms with E-state index >= 15 is 0 Å². The number of hydrogen-bond acceptors (Lipinski definition) is 12. The highest BCUT2D eigenvalue weighted by molar-refractivity contribution is 7.47. The number of phosphoric ester groups is 1. The Morgan fingerprint density at radius 3 is 1.26 bits per heavy atom. The van der Waals surface area contributed by atoms with E-state index in [4.69, 9.17) is 18.5 Å². The summed E-state index contributed by atoms with van der Waals surface area (Å²) in [4.78, 5) is 35.9. The second-order valence-corrected chi connectivity index (χ2v) is 20.5. The van der Waals surface area contributed by atoms with E-state index in [1.165, 1.54) is 96.3 Å². The topological polar surface area (TPSA) is 210 Å². The summed E-state index contributed by atoms with van der Waals surface area (Å²) in [6.45, 7) is 3.21. The number of hydrogen-bond donors (Lipinski definition) is 6. The zero-order valence-electron chi connectivity index (χ0n) is 43.6. The fourth-order valence-electron chi connectivity index (χ4n) is 8.22. The first kappa shape index (κ1) is 65.6. The molecule has 406 valence electrons. The van der Waals surface area contributed by atoms with Gasteiger partial charge in [0.1, 0.15) is 43.2 Å². The number of carbonyl (C=O) groups is 2.